The van der Waals surface area contributed by atoms with Crippen molar-refractivity contribution in [2.45, 2.75) is 46.1 Å². The minimum absolute atomic E-state index is 0. The molecule has 0 atom stereocenters. The molecule has 1 saturated carbocycles. The van der Waals surface area contributed by atoms with E-state index >= 15 is 0 Å². The number of ketones is 1. The number of aromatic nitrogens is 1. The Morgan fingerprint density at radius 3 is 2.29 bits per heavy atom. The van der Waals surface area contributed by atoms with Gasteiger partial charge in [0.05, 0.1) is 5.41 Å². The number of Topliss-reactive ketones (excluding diaryl/α,β-unsaturated/α-hetero) is 1. The van der Waals surface area contributed by atoms with Crippen LogP contribution in [0.25, 0.3) is 0 Å². The summed E-state index contributed by atoms with van der Waals surface area (Å²) in [5.41, 5.74) is 1.54. The van der Waals surface area contributed by atoms with E-state index in [1.165, 1.54) is 6.07 Å². The SMILES string of the molecule is C.CC(F)(F)c1ccccc1Nc1ccc(CNC(=O)C2(CC(=O)c3ccccn3)CC2)cc1. The van der Waals surface area contributed by atoms with Crippen LogP contribution < -0.4 is 10.6 Å². The van der Waals surface area contributed by atoms with Gasteiger partial charge in [-0.3, -0.25) is 14.6 Å². The molecule has 1 aromatic heterocycles. The minimum atomic E-state index is -2.95. The molecule has 0 spiro atoms. The van der Waals surface area contributed by atoms with Crippen molar-refractivity contribution in [1.29, 1.82) is 0 Å². The number of para-hydroxylation sites is 1. The molecule has 1 amide bonds. The predicted molar refractivity (Wildman–Crippen MR) is 129 cm³/mol. The lowest BCUT2D eigenvalue weighted by molar-refractivity contribution is -0.126. The second kappa shape index (κ2) is 10.1. The molecule has 3 aromatic rings. The predicted octanol–water partition coefficient (Wildman–Crippen LogP) is 6.24. The van der Waals surface area contributed by atoms with Crippen LogP contribution in [-0.4, -0.2) is 16.7 Å². The summed E-state index contributed by atoms with van der Waals surface area (Å²) in [5, 5.41) is 5.96. The van der Waals surface area contributed by atoms with Gasteiger partial charge >= 0.3 is 0 Å². The number of nitrogens with one attached hydrogen (secondary N) is 2. The Bertz CT molecular complexity index is 1140. The van der Waals surface area contributed by atoms with Gasteiger partial charge in [-0.15, -0.1) is 0 Å². The van der Waals surface area contributed by atoms with Crippen molar-refractivity contribution in [3.8, 4) is 0 Å². The first-order chi connectivity index (χ1) is 15.8. The van der Waals surface area contributed by atoms with Crippen molar-refractivity contribution in [2.24, 2.45) is 5.41 Å². The number of carbonyl (C=O) groups is 2. The number of nitrogens with zero attached hydrogens (tertiary/aromatic N) is 1. The van der Waals surface area contributed by atoms with Crippen LogP contribution in [0.1, 0.15) is 55.2 Å². The van der Waals surface area contributed by atoms with Gasteiger partial charge in [0, 0.05) is 43.0 Å². The van der Waals surface area contributed by atoms with Crippen LogP contribution in [0.2, 0.25) is 0 Å². The Kier molecular flexibility index (Phi) is 7.44. The van der Waals surface area contributed by atoms with Crippen molar-refractivity contribution in [3.05, 3.63) is 89.7 Å². The first-order valence-corrected chi connectivity index (χ1v) is 10.8. The summed E-state index contributed by atoms with van der Waals surface area (Å²) in [5.74, 6) is -3.21. The van der Waals surface area contributed by atoms with Gasteiger partial charge in [-0.2, -0.15) is 0 Å². The van der Waals surface area contributed by atoms with Crippen molar-refractivity contribution in [2.75, 3.05) is 5.32 Å². The zero-order valence-electron chi connectivity index (χ0n) is 18.3. The van der Waals surface area contributed by atoms with E-state index < -0.39 is 11.3 Å². The van der Waals surface area contributed by atoms with E-state index in [1.54, 1.807) is 54.7 Å². The van der Waals surface area contributed by atoms with E-state index in [2.05, 4.69) is 15.6 Å². The standard InChI is InChI=1S/C26H25F2N3O2.CH4/c1-25(27,28)20-6-2-3-7-21(20)31-19-11-9-18(10-12-19)17-30-24(33)26(13-14-26)16-23(32)22-8-4-5-15-29-22;/h2-12,15,31H,13-14,16-17H2,1H3,(H,30,33);1H4. The Morgan fingerprint density at radius 2 is 1.68 bits per heavy atom. The monoisotopic (exact) mass is 465 g/mol. The Hall–Kier alpha value is -3.61. The molecule has 0 bridgehead atoms. The molecule has 7 heteroatoms. The number of benzene rings is 2. The molecule has 1 aliphatic carbocycles. The van der Waals surface area contributed by atoms with E-state index in [0.29, 0.717) is 36.5 Å². The smallest absolute Gasteiger partial charge is 0.272 e. The van der Waals surface area contributed by atoms with E-state index in [0.717, 1.165) is 12.5 Å². The quantitative estimate of drug-likeness (QED) is 0.367. The number of carbonyl (C=O) groups excluding carboxylic acids is 2. The fourth-order valence-corrected chi connectivity index (χ4v) is 3.77. The van der Waals surface area contributed by atoms with Crippen LogP contribution in [0, 0.1) is 5.41 Å². The first-order valence-electron chi connectivity index (χ1n) is 10.8. The van der Waals surface area contributed by atoms with E-state index in [-0.39, 0.29) is 31.1 Å². The van der Waals surface area contributed by atoms with Crippen molar-refractivity contribution >= 4 is 23.1 Å². The summed E-state index contributed by atoms with van der Waals surface area (Å²) < 4.78 is 27.7. The largest absolute Gasteiger partial charge is 0.355 e. The summed E-state index contributed by atoms with van der Waals surface area (Å²) in [6, 6.07) is 18.7. The lowest BCUT2D eigenvalue weighted by Crippen LogP contribution is -2.33. The minimum Gasteiger partial charge on any atom is -0.355 e. The highest BCUT2D eigenvalue weighted by molar-refractivity contribution is 5.99. The maximum Gasteiger partial charge on any atom is 0.272 e. The van der Waals surface area contributed by atoms with Gasteiger partial charge < -0.3 is 10.6 Å². The fourth-order valence-electron chi connectivity index (χ4n) is 3.77. The fraction of sp³-hybridized carbons (Fsp3) is 0.296. The van der Waals surface area contributed by atoms with E-state index in [4.69, 9.17) is 0 Å². The van der Waals surface area contributed by atoms with Crippen LogP contribution in [-0.2, 0) is 17.3 Å². The lowest BCUT2D eigenvalue weighted by atomic mass is 9.96. The average molecular weight is 466 g/mol. The number of alkyl halides is 2. The molecule has 1 heterocycles. The van der Waals surface area contributed by atoms with Gasteiger partial charge in [0.25, 0.3) is 5.92 Å². The Balaban J connectivity index is 0.00000324. The third-order valence-electron chi connectivity index (χ3n) is 5.87. The summed E-state index contributed by atoms with van der Waals surface area (Å²) in [7, 11) is 0. The molecule has 1 aliphatic rings. The van der Waals surface area contributed by atoms with Crippen LogP contribution in [0.3, 0.4) is 0 Å². The molecule has 2 N–H and O–H groups in total. The molecule has 0 radical (unpaired) electrons. The molecule has 178 valence electrons. The van der Waals surface area contributed by atoms with Crippen molar-refractivity contribution in [1.82, 2.24) is 10.3 Å². The molecule has 0 saturated heterocycles. The number of pyridine rings is 1. The second-order valence-electron chi connectivity index (χ2n) is 8.53. The molecule has 5 nitrogen and oxygen atoms in total. The van der Waals surface area contributed by atoms with Gasteiger partial charge in [-0.25, -0.2) is 8.78 Å². The van der Waals surface area contributed by atoms with Crippen LogP contribution in [0.5, 0.6) is 0 Å². The number of halogens is 2. The third-order valence-corrected chi connectivity index (χ3v) is 5.87. The molecule has 4 rings (SSSR count). The summed E-state index contributed by atoms with van der Waals surface area (Å²) in [6.45, 7) is 1.19. The molecular weight excluding hydrogens is 436 g/mol. The van der Waals surface area contributed by atoms with Crippen molar-refractivity contribution < 1.29 is 18.4 Å². The number of amides is 1. The average Bonchev–Trinajstić information content (AvgIpc) is 3.59. The molecular formula is C27H29F2N3O2. The Morgan fingerprint density at radius 1 is 1.00 bits per heavy atom. The summed E-state index contributed by atoms with van der Waals surface area (Å²) in [6.07, 6.45) is 3.08. The summed E-state index contributed by atoms with van der Waals surface area (Å²) in [4.78, 5) is 29.3. The van der Waals surface area contributed by atoms with Gasteiger partial charge in [-0.05, 0) is 48.7 Å². The Labute approximate surface area is 198 Å². The zero-order valence-corrected chi connectivity index (χ0v) is 18.3. The maximum absolute atomic E-state index is 13.8. The zero-order chi connectivity index (χ0) is 23.5. The number of hydrogen-bond acceptors (Lipinski definition) is 4. The lowest BCUT2D eigenvalue weighted by Gasteiger charge is -2.17. The second-order valence-corrected chi connectivity index (χ2v) is 8.53. The topological polar surface area (TPSA) is 71.1 Å². The van der Waals surface area contributed by atoms with E-state index in [1.807, 2.05) is 12.1 Å². The summed E-state index contributed by atoms with van der Waals surface area (Å²) >= 11 is 0. The van der Waals surface area contributed by atoms with Crippen LogP contribution in [0.15, 0.2) is 72.9 Å². The molecule has 0 aliphatic heterocycles. The molecule has 2 aromatic carbocycles. The maximum atomic E-state index is 13.8. The van der Waals surface area contributed by atoms with Crippen molar-refractivity contribution in [3.63, 3.8) is 0 Å². The molecule has 0 unspecified atom stereocenters. The number of rotatable bonds is 9. The van der Waals surface area contributed by atoms with Crippen LogP contribution >= 0.6 is 0 Å². The normalized spacial score (nSPS) is 14.0. The highest BCUT2D eigenvalue weighted by atomic mass is 19.3. The highest BCUT2D eigenvalue weighted by Gasteiger charge is 2.51. The van der Waals surface area contributed by atoms with Gasteiger partial charge in [0.2, 0.25) is 5.91 Å². The van der Waals surface area contributed by atoms with E-state index in [9.17, 15) is 18.4 Å². The molecule has 1 fully saturated rings. The third kappa shape index (κ3) is 5.84. The van der Waals surface area contributed by atoms with Gasteiger partial charge in [0.15, 0.2) is 5.78 Å². The number of hydrogen-bond donors (Lipinski definition) is 2. The highest BCUT2D eigenvalue weighted by Crippen LogP contribution is 2.49. The molecule has 34 heavy (non-hydrogen) atoms. The number of anilines is 2. The van der Waals surface area contributed by atoms with Gasteiger partial charge in [-0.1, -0.05) is 43.8 Å². The van der Waals surface area contributed by atoms with Gasteiger partial charge in [0.1, 0.15) is 5.69 Å². The first kappa shape index (κ1) is 25.0. The van der Waals surface area contributed by atoms with Crippen LogP contribution in [0.4, 0.5) is 20.2 Å².